The summed E-state index contributed by atoms with van der Waals surface area (Å²) in [5.41, 5.74) is 0.0993. The van der Waals surface area contributed by atoms with Crippen LogP contribution in [-0.2, 0) is 0 Å². The summed E-state index contributed by atoms with van der Waals surface area (Å²) in [4.78, 5) is 26.9. The van der Waals surface area contributed by atoms with Gasteiger partial charge in [-0.2, -0.15) is 0 Å². The van der Waals surface area contributed by atoms with Crippen molar-refractivity contribution in [1.82, 2.24) is 4.98 Å². The Morgan fingerprint density at radius 1 is 1.19 bits per heavy atom. The first-order valence-electron chi connectivity index (χ1n) is 6.00. The quantitative estimate of drug-likeness (QED) is 0.801. The number of carboxylic acid groups (broad SMARTS) is 1. The van der Waals surface area contributed by atoms with Gasteiger partial charge in [-0.1, -0.05) is 6.07 Å². The van der Waals surface area contributed by atoms with Crippen molar-refractivity contribution in [2.45, 2.75) is 0 Å². The van der Waals surface area contributed by atoms with Crippen molar-refractivity contribution in [2.24, 2.45) is 0 Å². The SMILES string of the molecule is COc1ccc(C(=O)O)c(NC(=O)Nc2ccccn2)c1. The van der Waals surface area contributed by atoms with Crippen LogP contribution in [0, 0.1) is 0 Å². The molecule has 7 heteroatoms. The highest BCUT2D eigenvalue weighted by Crippen LogP contribution is 2.22. The molecular formula is C14H13N3O4. The van der Waals surface area contributed by atoms with Gasteiger partial charge < -0.3 is 15.2 Å². The Kier molecular flexibility index (Phi) is 4.35. The molecule has 21 heavy (non-hydrogen) atoms. The van der Waals surface area contributed by atoms with E-state index in [4.69, 9.17) is 9.84 Å². The number of hydrogen-bond acceptors (Lipinski definition) is 4. The summed E-state index contributed by atoms with van der Waals surface area (Å²) in [5.74, 6) is -0.353. The molecule has 0 spiro atoms. The molecule has 108 valence electrons. The first-order chi connectivity index (χ1) is 10.1. The Bertz CT molecular complexity index is 659. The topological polar surface area (TPSA) is 101 Å². The van der Waals surface area contributed by atoms with Crippen LogP contribution in [-0.4, -0.2) is 29.2 Å². The molecule has 0 aliphatic heterocycles. The smallest absolute Gasteiger partial charge is 0.337 e. The van der Waals surface area contributed by atoms with Gasteiger partial charge in [-0.05, 0) is 24.3 Å². The van der Waals surface area contributed by atoms with E-state index in [1.54, 1.807) is 18.2 Å². The molecule has 0 unspecified atom stereocenters. The number of nitrogens with one attached hydrogen (secondary N) is 2. The first-order valence-corrected chi connectivity index (χ1v) is 6.00. The van der Waals surface area contributed by atoms with Gasteiger partial charge in [0.1, 0.15) is 11.6 Å². The van der Waals surface area contributed by atoms with Gasteiger partial charge in [0.25, 0.3) is 0 Å². The molecule has 2 rings (SSSR count). The fourth-order valence-electron chi connectivity index (χ4n) is 1.65. The van der Waals surface area contributed by atoms with Crippen LogP contribution in [0.5, 0.6) is 5.75 Å². The van der Waals surface area contributed by atoms with Crippen LogP contribution in [0.1, 0.15) is 10.4 Å². The van der Waals surface area contributed by atoms with Crippen LogP contribution in [0.4, 0.5) is 16.3 Å². The van der Waals surface area contributed by atoms with Crippen molar-refractivity contribution in [3.63, 3.8) is 0 Å². The number of carbonyl (C=O) groups excluding carboxylic acids is 1. The average Bonchev–Trinajstić information content (AvgIpc) is 2.47. The summed E-state index contributed by atoms with van der Waals surface area (Å²) >= 11 is 0. The van der Waals surface area contributed by atoms with E-state index < -0.39 is 12.0 Å². The molecule has 2 aromatic rings. The Balaban J connectivity index is 2.17. The number of nitrogens with zero attached hydrogens (tertiary/aromatic N) is 1. The van der Waals surface area contributed by atoms with Gasteiger partial charge in [0.15, 0.2) is 0 Å². The zero-order valence-corrected chi connectivity index (χ0v) is 11.2. The molecule has 2 amide bonds. The van der Waals surface area contributed by atoms with E-state index >= 15 is 0 Å². The molecule has 0 atom stereocenters. The van der Waals surface area contributed by atoms with Crippen LogP contribution in [0.25, 0.3) is 0 Å². The third-order valence-electron chi connectivity index (χ3n) is 2.61. The number of urea groups is 1. The van der Waals surface area contributed by atoms with E-state index in [9.17, 15) is 9.59 Å². The highest BCUT2D eigenvalue weighted by atomic mass is 16.5. The normalized spacial score (nSPS) is 9.76. The number of carboxylic acids is 1. The molecule has 0 radical (unpaired) electrons. The van der Waals surface area contributed by atoms with Gasteiger partial charge in [-0.15, -0.1) is 0 Å². The summed E-state index contributed by atoms with van der Waals surface area (Å²) in [6.45, 7) is 0. The van der Waals surface area contributed by atoms with E-state index in [1.165, 1.54) is 31.5 Å². The van der Waals surface area contributed by atoms with Crippen molar-refractivity contribution in [2.75, 3.05) is 17.7 Å². The minimum atomic E-state index is -1.15. The molecule has 0 saturated heterocycles. The van der Waals surface area contributed by atoms with Gasteiger partial charge in [0.2, 0.25) is 0 Å². The number of hydrogen-bond donors (Lipinski definition) is 3. The van der Waals surface area contributed by atoms with Crippen LogP contribution >= 0.6 is 0 Å². The second-order valence-electron chi connectivity index (χ2n) is 4.01. The van der Waals surface area contributed by atoms with Gasteiger partial charge in [-0.3, -0.25) is 5.32 Å². The van der Waals surface area contributed by atoms with E-state index in [1.807, 2.05) is 0 Å². The van der Waals surface area contributed by atoms with Crippen molar-refractivity contribution in [3.8, 4) is 5.75 Å². The second kappa shape index (κ2) is 6.38. The Morgan fingerprint density at radius 3 is 2.62 bits per heavy atom. The lowest BCUT2D eigenvalue weighted by molar-refractivity contribution is 0.0698. The number of ether oxygens (including phenoxy) is 1. The number of benzene rings is 1. The zero-order chi connectivity index (χ0) is 15.2. The molecule has 1 aromatic heterocycles. The standard InChI is InChI=1S/C14H13N3O4/c1-21-9-5-6-10(13(18)19)11(8-9)16-14(20)17-12-4-2-3-7-15-12/h2-8H,1H3,(H,18,19)(H2,15,16,17,20). The number of carbonyl (C=O) groups is 2. The number of rotatable bonds is 4. The van der Waals surface area contributed by atoms with E-state index in [-0.39, 0.29) is 11.3 Å². The molecule has 1 heterocycles. The summed E-state index contributed by atoms with van der Waals surface area (Å²) in [5, 5.41) is 14.1. The Hall–Kier alpha value is -3.09. The van der Waals surface area contributed by atoms with E-state index in [0.717, 1.165) is 0 Å². The largest absolute Gasteiger partial charge is 0.497 e. The van der Waals surface area contributed by atoms with Crippen LogP contribution in [0.2, 0.25) is 0 Å². The van der Waals surface area contributed by atoms with Crippen molar-refractivity contribution in [1.29, 1.82) is 0 Å². The van der Waals surface area contributed by atoms with E-state index in [2.05, 4.69) is 15.6 Å². The summed E-state index contributed by atoms with van der Waals surface area (Å²) in [6.07, 6.45) is 1.53. The molecular weight excluding hydrogens is 274 g/mol. The van der Waals surface area contributed by atoms with E-state index in [0.29, 0.717) is 11.6 Å². The number of aromatic nitrogens is 1. The van der Waals surface area contributed by atoms with Gasteiger partial charge in [0, 0.05) is 12.3 Å². The summed E-state index contributed by atoms with van der Waals surface area (Å²) < 4.78 is 5.01. The minimum Gasteiger partial charge on any atom is -0.497 e. The molecule has 0 fully saturated rings. The molecule has 1 aromatic carbocycles. The maximum absolute atomic E-state index is 11.9. The van der Waals surface area contributed by atoms with Crippen molar-refractivity contribution >= 4 is 23.5 Å². The summed E-state index contributed by atoms with van der Waals surface area (Å²) in [7, 11) is 1.45. The highest BCUT2D eigenvalue weighted by molar-refractivity contribution is 6.04. The maximum atomic E-state index is 11.9. The second-order valence-corrected chi connectivity index (χ2v) is 4.01. The number of amides is 2. The fourth-order valence-corrected chi connectivity index (χ4v) is 1.65. The number of aromatic carboxylic acids is 1. The minimum absolute atomic E-state index is 0.0352. The maximum Gasteiger partial charge on any atom is 0.337 e. The van der Waals surface area contributed by atoms with Crippen LogP contribution in [0.3, 0.4) is 0 Å². The predicted molar refractivity (Wildman–Crippen MR) is 76.8 cm³/mol. The average molecular weight is 287 g/mol. The third kappa shape index (κ3) is 3.69. The lowest BCUT2D eigenvalue weighted by Gasteiger charge is -2.11. The first kappa shape index (κ1) is 14.3. The zero-order valence-electron chi connectivity index (χ0n) is 11.2. The molecule has 3 N–H and O–H groups in total. The van der Waals surface area contributed by atoms with Crippen molar-refractivity contribution in [3.05, 3.63) is 48.2 Å². The molecule has 7 nitrogen and oxygen atoms in total. The molecule has 0 aliphatic carbocycles. The van der Waals surface area contributed by atoms with Gasteiger partial charge in [0.05, 0.1) is 18.4 Å². The molecule has 0 aliphatic rings. The predicted octanol–water partition coefficient (Wildman–Crippen LogP) is 2.43. The molecule has 0 bridgehead atoms. The van der Waals surface area contributed by atoms with Crippen molar-refractivity contribution < 1.29 is 19.4 Å². The Morgan fingerprint density at radius 2 is 2.00 bits per heavy atom. The van der Waals surface area contributed by atoms with Crippen LogP contribution in [0.15, 0.2) is 42.6 Å². The fraction of sp³-hybridized carbons (Fsp3) is 0.0714. The highest BCUT2D eigenvalue weighted by Gasteiger charge is 2.13. The molecule has 0 saturated carbocycles. The number of anilines is 2. The van der Waals surface area contributed by atoms with Gasteiger partial charge in [-0.25, -0.2) is 14.6 Å². The lowest BCUT2D eigenvalue weighted by atomic mass is 10.1. The Labute approximate surface area is 120 Å². The third-order valence-corrected chi connectivity index (χ3v) is 2.61. The monoisotopic (exact) mass is 287 g/mol. The number of methoxy groups -OCH3 is 1. The summed E-state index contributed by atoms with van der Waals surface area (Å²) in [6, 6.07) is 8.75. The number of pyridine rings is 1. The van der Waals surface area contributed by atoms with Gasteiger partial charge >= 0.3 is 12.0 Å². The van der Waals surface area contributed by atoms with Crippen LogP contribution < -0.4 is 15.4 Å². The lowest BCUT2D eigenvalue weighted by Crippen LogP contribution is -2.21.